The van der Waals surface area contributed by atoms with Crippen LogP contribution < -0.4 is 5.73 Å². The maximum absolute atomic E-state index is 13.0. The predicted molar refractivity (Wildman–Crippen MR) is 94.7 cm³/mol. The highest BCUT2D eigenvalue weighted by Crippen LogP contribution is 2.33. The van der Waals surface area contributed by atoms with Gasteiger partial charge < -0.3 is 10.6 Å². The summed E-state index contributed by atoms with van der Waals surface area (Å²) in [6.45, 7) is 3.64. The van der Waals surface area contributed by atoms with Crippen LogP contribution in [0, 0.1) is 24.2 Å². The summed E-state index contributed by atoms with van der Waals surface area (Å²) in [5.74, 6) is 0.541. The van der Waals surface area contributed by atoms with Gasteiger partial charge in [0.1, 0.15) is 5.69 Å². The molecule has 24 heavy (non-hydrogen) atoms. The van der Waals surface area contributed by atoms with Gasteiger partial charge in [-0.1, -0.05) is 12.1 Å². The van der Waals surface area contributed by atoms with E-state index < -0.39 is 0 Å². The van der Waals surface area contributed by atoms with E-state index in [2.05, 4.69) is 11.1 Å². The van der Waals surface area contributed by atoms with Crippen LogP contribution in [0.4, 0.5) is 0 Å². The summed E-state index contributed by atoms with van der Waals surface area (Å²) in [7, 11) is 0. The molecule has 0 aliphatic heterocycles. The van der Waals surface area contributed by atoms with E-state index in [1.807, 2.05) is 24.0 Å². The summed E-state index contributed by atoms with van der Waals surface area (Å²) in [6.07, 6.45) is 2.36. The zero-order chi connectivity index (χ0) is 17.1. The smallest absolute Gasteiger partial charge is 0.274 e. The Balaban J connectivity index is 1.95. The average Bonchev–Trinajstić information content (AvgIpc) is 3.33. The molecule has 1 fully saturated rings. The van der Waals surface area contributed by atoms with E-state index in [4.69, 9.17) is 11.0 Å². The van der Waals surface area contributed by atoms with Crippen molar-refractivity contribution in [2.75, 3.05) is 19.6 Å². The van der Waals surface area contributed by atoms with E-state index in [-0.39, 0.29) is 5.91 Å². The number of hydrogen-bond acceptors (Lipinski definition) is 5. The number of rotatable bonds is 6. The molecule has 6 heteroatoms. The van der Waals surface area contributed by atoms with Crippen molar-refractivity contribution in [2.45, 2.75) is 19.8 Å². The highest BCUT2D eigenvalue weighted by atomic mass is 32.1. The summed E-state index contributed by atoms with van der Waals surface area (Å²) < 4.78 is 0. The van der Waals surface area contributed by atoms with Crippen molar-refractivity contribution in [3.05, 3.63) is 40.5 Å². The molecule has 0 radical (unpaired) electrons. The van der Waals surface area contributed by atoms with Crippen LogP contribution in [-0.4, -0.2) is 35.4 Å². The Labute approximate surface area is 145 Å². The molecule has 1 aliphatic carbocycles. The second kappa shape index (κ2) is 7.12. The van der Waals surface area contributed by atoms with Gasteiger partial charge in [-0.05, 0) is 43.4 Å². The first-order valence-corrected chi connectivity index (χ1v) is 8.91. The number of nitrogens with two attached hydrogens (primary N) is 1. The average molecular weight is 340 g/mol. The van der Waals surface area contributed by atoms with Crippen molar-refractivity contribution in [3.8, 4) is 16.5 Å². The fraction of sp³-hybridized carbons (Fsp3) is 0.389. The number of amides is 1. The third kappa shape index (κ3) is 3.64. The first-order valence-electron chi connectivity index (χ1n) is 8.09. The summed E-state index contributed by atoms with van der Waals surface area (Å²) in [5.41, 5.74) is 7.60. The maximum Gasteiger partial charge on any atom is 0.274 e. The molecular weight excluding hydrogens is 320 g/mol. The summed E-state index contributed by atoms with van der Waals surface area (Å²) in [6, 6.07) is 9.45. The van der Waals surface area contributed by atoms with Crippen molar-refractivity contribution in [1.29, 1.82) is 5.26 Å². The van der Waals surface area contributed by atoms with Crippen LogP contribution in [0.5, 0.6) is 0 Å². The number of carbonyl (C=O) groups excluding carboxylic acids is 1. The molecule has 3 rings (SSSR count). The molecule has 124 valence electrons. The van der Waals surface area contributed by atoms with Gasteiger partial charge in [-0.15, -0.1) is 11.3 Å². The van der Waals surface area contributed by atoms with Gasteiger partial charge in [-0.3, -0.25) is 4.79 Å². The molecule has 0 saturated heterocycles. The lowest BCUT2D eigenvalue weighted by Gasteiger charge is -2.21. The lowest BCUT2D eigenvalue weighted by molar-refractivity contribution is 0.0748. The zero-order valence-electron chi connectivity index (χ0n) is 13.7. The molecule has 2 N–H and O–H groups in total. The Morgan fingerprint density at radius 3 is 2.96 bits per heavy atom. The van der Waals surface area contributed by atoms with Crippen LogP contribution in [0.3, 0.4) is 0 Å². The molecule has 1 saturated carbocycles. The molecule has 5 nitrogen and oxygen atoms in total. The third-order valence-corrected chi connectivity index (χ3v) is 5.07. The fourth-order valence-electron chi connectivity index (χ4n) is 2.69. The van der Waals surface area contributed by atoms with Crippen LogP contribution in [-0.2, 0) is 0 Å². The van der Waals surface area contributed by atoms with Crippen molar-refractivity contribution < 1.29 is 4.79 Å². The minimum absolute atomic E-state index is 0.0611. The predicted octanol–water partition coefficient (Wildman–Crippen LogP) is 2.80. The van der Waals surface area contributed by atoms with Crippen LogP contribution in [0.15, 0.2) is 24.3 Å². The van der Waals surface area contributed by atoms with E-state index in [9.17, 15) is 4.79 Å². The van der Waals surface area contributed by atoms with E-state index in [0.29, 0.717) is 30.3 Å². The Bertz CT molecular complexity index is 789. The molecule has 0 unspecified atom stereocenters. The Kier molecular flexibility index (Phi) is 4.93. The normalized spacial score (nSPS) is 13.5. The quantitative estimate of drug-likeness (QED) is 0.876. The largest absolute Gasteiger partial charge is 0.336 e. The monoisotopic (exact) mass is 340 g/mol. The Hall–Kier alpha value is -2.23. The van der Waals surface area contributed by atoms with Crippen LogP contribution >= 0.6 is 11.3 Å². The molecular formula is C18H20N4OS. The molecule has 0 bridgehead atoms. The SMILES string of the molecule is Cc1nc(C(=O)N(CCN)CC2CC2)c(-c2cccc(C#N)c2)s1. The second-order valence-electron chi connectivity index (χ2n) is 6.09. The third-order valence-electron chi connectivity index (χ3n) is 4.05. The van der Waals surface area contributed by atoms with Gasteiger partial charge in [0, 0.05) is 19.6 Å². The van der Waals surface area contributed by atoms with Crippen LogP contribution in [0.2, 0.25) is 0 Å². The van der Waals surface area contributed by atoms with Gasteiger partial charge in [0.15, 0.2) is 0 Å². The number of nitriles is 1. The highest BCUT2D eigenvalue weighted by molar-refractivity contribution is 7.15. The first kappa shape index (κ1) is 16.6. The number of aryl methyl sites for hydroxylation is 1. The molecule has 2 aromatic rings. The first-order chi connectivity index (χ1) is 11.6. The van der Waals surface area contributed by atoms with E-state index >= 15 is 0 Å². The molecule has 1 aliphatic rings. The fourth-order valence-corrected chi connectivity index (χ4v) is 3.60. The summed E-state index contributed by atoms with van der Waals surface area (Å²) in [4.78, 5) is 20.1. The van der Waals surface area contributed by atoms with Crippen molar-refractivity contribution in [1.82, 2.24) is 9.88 Å². The number of carbonyl (C=O) groups is 1. The molecule has 1 amide bonds. The Morgan fingerprint density at radius 1 is 1.50 bits per heavy atom. The van der Waals surface area contributed by atoms with Gasteiger partial charge in [0.05, 0.1) is 21.5 Å². The van der Waals surface area contributed by atoms with Gasteiger partial charge in [0.2, 0.25) is 0 Å². The van der Waals surface area contributed by atoms with Crippen molar-refractivity contribution in [3.63, 3.8) is 0 Å². The minimum Gasteiger partial charge on any atom is -0.336 e. The van der Waals surface area contributed by atoms with Crippen LogP contribution in [0.25, 0.3) is 10.4 Å². The van der Waals surface area contributed by atoms with E-state index in [1.54, 1.807) is 12.1 Å². The summed E-state index contributed by atoms with van der Waals surface area (Å²) in [5, 5.41) is 9.95. The highest BCUT2D eigenvalue weighted by Gasteiger charge is 2.29. The van der Waals surface area contributed by atoms with Gasteiger partial charge in [-0.25, -0.2) is 4.98 Å². The number of thiazole rings is 1. The van der Waals surface area contributed by atoms with Crippen molar-refractivity contribution >= 4 is 17.2 Å². The zero-order valence-corrected chi connectivity index (χ0v) is 14.5. The van der Waals surface area contributed by atoms with E-state index in [1.165, 1.54) is 24.2 Å². The Morgan fingerprint density at radius 2 is 2.29 bits per heavy atom. The number of aromatic nitrogens is 1. The molecule has 1 aromatic heterocycles. The summed E-state index contributed by atoms with van der Waals surface area (Å²) >= 11 is 1.49. The van der Waals surface area contributed by atoms with E-state index in [0.717, 1.165) is 22.0 Å². The molecule has 0 spiro atoms. The lowest BCUT2D eigenvalue weighted by Crippen LogP contribution is -2.37. The maximum atomic E-state index is 13.0. The number of hydrogen-bond donors (Lipinski definition) is 1. The standard InChI is InChI=1S/C18H20N4OS/c1-12-21-16(18(23)22(8-7-19)11-13-5-6-13)17(24-12)15-4-2-3-14(9-15)10-20/h2-4,9,13H,5-8,11,19H2,1H3. The number of nitrogens with zero attached hydrogens (tertiary/aromatic N) is 3. The molecule has 1 aromatic carbocycles. The number of benzene rings is 1. The lowest BCUT2D eigenvalue weighted by atomic mass is 10.1. The molecule has 0 atom stereocenters. The van der Waals surface area contributed by atoms with Gasteiger partial charge in [0.25, 0.3) is 5.91 Å². The van der Waals surface area contributed by atoms with Gasteiger partial charge in [-0.2, -0.15) is 5.26 Å². The topological polar surface area (TPSA) is 83.0 Å². The minimum atomic E-state index is -0.0611. The van der Waals surface area contributed by atoms with Crippen LogP contribution in [0.1, 0.15) is 33.9 Å². The molecule has 1 heterocycles. The van der Waals surface area contributed by atoms with Gasteiger partial charge >= 0.3 is 0 Å². The van der Waals surface area contributed by atoms with Crippen molar-refractivity contribution in [2.24, 2.45) is 11.7 Å². The second-order valence-corrected chi connectivity index (χ2v) is 7.29.